The van der Waals surface area contributed by atoms with Crippen LogP contribution in [0.4, 0.5) is 0 Å². The van der Waals surface area contributed by atoms with Gasteiger partial charge in [-0.2, -0.15) is 4.31 Å². The minimum absolute atomic E-state index is 0.184. The zero-order valence-electron chi connectivity index (χ0n) is 12.2. The second kappa shape index (κ2) is 6.46. The monoisotopic (exact) mass is 379 g/mol. The predicted octanol–water partition coefficient (Wildman–Crippen LogP) is 4.41. The van der Waals surface area contributed by atoms with E-state index in [1.807, 2.05) is 6.92 Å². The zero-order chi connectivity index (χ0) is 14.9. The molecular weight excluding hydrogens is 358 g/mol. The van der Waals surface area contributed by atoms with Crippen molar-refractivity contribution in [2.75, 3.05) is 6.54 Å². The van der Waals surface area contributed by atoms with Crippen LogP contribution in [-0.4, -0.2) is 25.3 Å². The van der Waals surface area contributed by atoms with Crippen LogP contribution < -0.4 is 0 Å². The van der Waals surface area contributed by atoms with E-state index in [1.54, 1.807) is 10.4 Å². The topological polar surface area (TPSA) is 37.4 Å². The molecule has 1 aliphatic rings. The fraction of sp³-hybridized carbons (Fsp3) is 0.714. The van der Waals surface area contributed by atoms with Gasteiger partial charge in [-0.3, -0.25) is 0 Å². The van der Waals surface area contributed by atoms with Crippen molar-refractivity contribution < 1.29 is 8.42 Å². The van der Waals surface area contributed by atoms with Crippen LogP contribution in [-0.2, 0) is 10.0 Å². The molecule has 0 N–H and O–H groups in total. The molecule has 0 spiro atoms. The van der Waals surface area contributed by atoms with Gasteiger partial charge in [0.15, 0.2) is 0 Å². The molecule has 2 rings (SSSR count). The van der Waals surface area contributed by atoms with E-state index < -0.39 is 10.0 Å². The SMILES string of the molecule is Cc1cc(S(=O)(=O)N(CC(C)C)C2CCCC2)sc1Br. The number of hydrogen-bond acceptors (Lipinski definition) is 3. The van der Waals surface area contributed by atoms with Crippen molar-refractivity contribution in [3.05, 3.63) is 15.4 Å². The number of rotatable bonds is 5. The first-order valence-electron chi connectivity index (χ1n) is 7.10. The molecule has 0 bridgehead atoms. The normalized spacial score (nSPS) is 17.5. The van der Waals surface area contributed by atoms with Crippen molar-refractivity contribution in [1.82, 2.24) is 4.31 Å². The van der Waals surface area contributed by atoms with Crippen molar-refractivity contribution in [2.45, 2.75) is 56.7 Å². The predicted molar refractivity (Wildman–Crippen MR) is 87.7 cm³/mol. The summed E-state index contributed by atoms with van der Waals surface area (Å²) in [4.78, 5) is 0. The summed E-state index contributed by atoms with van der Waals surface area (Å²) in [7, 11) is -3.36. The standard InChI is InChI=1S/C14H22BrNO2S2/c1-10(2)9-16(12-6-4-5-7-12)20(17,18)13-8-11(3)14(15)19-13/h8,10,12H,4-7,9H2,1-3H3. The van der Waals surface area contributed by atoms with E-state index in [4.69, 9.17) is 0 Å². The van der Waals surface area contributed by atoms with E-state index in [0.29, 0.717) is 16.7 Å². The Morgan fingerprint density at radius 1 is 1.40 bits per heavy atom. The van der Waals surface area contributed by atoms with Crippen molar-refractivity contribution in [3.63, 3.8) is 0 Å². The molecule has 0 atom stereocenters. The van der Waals surface area contributed by atoms with Gasteiger partial charge in [0.1, 0.15) is 4.21 Å². The molecule has 1 heterocycles. The van der Waals surface area contributed by atoms with Crippen LogP contribution in [0.1, 0.15) is 45.1 Å². The van der Waals surface area contributed by atoms with E-state index in [9.17, 15) is 8.42 Å². The van der Waals surface area contributed by atoms with Gasteiger partial charge < -0.3 is 0 Å². The molecular formula is C14H22BrNO2S2. The molecule has 0 unspecified atom stereocenters. The van der Waals surface area contributed by atoms with Crippen LogP contribution in [0.2, 0.25) is 0 Å². The van der Waals surface area contributed by atoms with Crippen molar-refractivity contribution >= 4 is 37.3 Å². The Balaban J connectivity index is 2.35. The van der Waals surface area contributed by atoms with Gasteiger partial charge in [0, 0.05) is 12.6 Å². The van der Waals surface area contributed by atoms with Crippen LogP contribution in [0.25, 0.3) is 0 Å². The molecule has 1 aromatic rings. The first-order chi connectivity index (χ1) is 9.32. The maximum absolute atomic E-state index is 12.9. The molecule has 0 radical (unpaired) electrons. The van der Waals surface area contributed by atoms with Gasteiger partial charge in [0.2, 0.25) is 0 Å². The summed E-state index contributed by atoms with van der Waals surface area (Å²) in [5, 5.41) is 0. The maximum Gasteiger partial charge on any atom is 0.252 e. The third-order valence-electron chi connectivity index (χ3n) is 3.67. The highest BCUT2D eigenvalue weighted by molar-refractivity contribution is 9.11. The number of aryl methyl sites for hydroxylation is 1. The van der Waals surface area contributed by atoms with E-state index in [-0.39, 0.29) is 6.04 Å². The maximum atomic E-state index is 12.9. The van der Waals surface area contributed by atoms with Crippen molar-refractivity contribution in [2.24, 2.45) is 5.92 Å². The van der Waals surface area contributed by atoms with Crippen LogP contribution in [0, 0.1) is 12.8 Å². The molecule has 6 heteroatoms. The van der Waals surface area contributed by atoms with Gasteiger partial charge in [-0.25, -0.2) is 8.42 Å². The smallest absolute Gasteiger partial charge is 0.206 e. The molecule has 0 aromatic carbocycles. The minimum Gasteiger partial charge on any atom is -0.206 e. The van der Waals surface area contributed by atoms with Gasteiger partial charge in [-0.15, -0.1) is 11.3 Å². The quantitative estimate of drug-likeness (QED) is 0.759. The third-order valence-corrected chi connectivity index (χ3v) is 8.18. The Bertz CT molecular complexity index is 540. The summed E-state index contributed by atoms with van der Waals surface area (Å²) in [5.41, 5.74) is 0.990. The molecule has 0 aliphatic heterocycles. The second-order valence-electron chi connectivity index (χ2n) is 5.93. The van der Waals surface area contributed by atoms with Gasteiger partial charge in [0.25, 0.3) is 10.0 Å². The van der Waals surface area contributed by atoms with Crippen LogP contribution in [0.15, 0.2) is 14.1 Å². The molecule has 20 heavy (non-hydrogen) atoms. The van der Waals surface area contributed by atoms with E-state index in [1.165, 1.54) is 11.3 Å². The minimum atomic E-state index is -3.36. The van der Waals surface area contributed by atoms with Crippen LogP contribution in [0.3, 0.4) is 0 Å². The first-order valence-corrected chi connectivity index (χ1v) is 10.1. The lowest BCUT2D eigenvalue weighted by atomic mass is 10.2. The number of hydrogen-bond donors (Lipinski definition) is 0. The Morgan fingerprint density at radius 3 is 2.45 bits per heavy atom. The fourth-order valence-electron chi connectivity index (χ4n) is 2.67. The van der Waals surface area contributed by atoms with Crippen molar-refractivity contribution in [1.29, 1.82) is 0 Å². The average Bonchev–Trinajstić information content (AvgIpc) is 2.97. The number of thiophene rings is 1. The Morgan fingerprint density at radius 2 is 2.00 bits per heavy atom. The molecule has 1 aromatic heterocycles. The second-order valence-corrected chi connectivity index (χ2v) is 10.4. The van der Waals surface area contributed by atoms with Crippen LogP contribution >= 0.6 is 27.3 Å². The lowest BCUT2D eigenvalue weighted by molar-refractivity contribution is 0.293. The lowest BCUT2D eigenvalue weighted by Gasteiger charge is -2.29. The Kier molecular flexibility index (Phi) is 5.32. The number of halogens is 1. The van der Waals surface area contributed by atoms with Gasteiger partial charge in [-0.05, 0) is 53.2 Å². The van der Waals surface area contributed by atoms with E-state index in [0.717, 1.165) is 35.0 Å². The van der Waals surface area contributed by atoms with Crippen molar-refractivity contribution in [3.8, 4) is 0 Å². The molecule has 0 amide bonds. The summed E-state index contributed by atoms with van der Waals surface area (Å²) in [6, 6.07) is 1.97. The first kappa shape index (κ1) is 16.5. The lowest BCUT2D eigenvalue weighted by Crippen LogP contribution is -2.40. The summed E-state index contributed by atoms with van der Waals surface area (Å²) >= 11 is 4.75. The highest BCUT2D eigenvalue weighted by Gasteiger charge is 2.34. The van der Waals surface area contributed by atoms with Gasteiger partial charge >= 0.3 is 0 Å². The Hall–Kier alpha value is 0.0900. The van der Waals surface area contributed by atoms with Gasteiger partial charge in [-0.1, -0.05) is 26.7 Å². The number of sulfonamides is 1. The van der Waals surface area contributed by atoms with Crippen LogP contribution in [0.5, 0.6) is 0 Å². The molecule has 3 nitrogen and oxygen atoms in total. The largest absolute Gasteiger partial charge is 0.252 e. The highest BCUT2D eigenvalue weighted by Crippen LogP contribution is 2.35. The van der Waals surface area contributed by atoms with E-state index >= 15 is 0 Å². The molecule has 1 aliphatic carbocycles. The summed E-state index contributed by atoms with van der Waals surface area (Å²) in [6.45, 7) is 6.70. The third kappa shape index (κ3) is 3.46. The summed E-state index contributed by atoms with van der Waals surface area (Å²) in [5.74, 6) is 0.342. The average molecular weight is 380 g/mol. The molecule has 1 fully saturated rings. The highest BCUT2D eigenvalue weighted by atomic mass is 79.9. The molecule has 0 saturated heterocycles. The van der Waals surface area contributed by atoms with E-state index in [2.05, 4.69) is 29.8 Å². The van der Waals surface area contributed by atoms with Gasteiger partial charge in [0.05, 0.1) is 3.79 Å². The summed E-state index contributed by atoms with van der Waals surface area (Å²) < 4.78 is 29.0. The number of nitrogens with zero attached hydrogens (tertiary/aromatic N) is 1. The molecule has 114 valence electrons. The molecule has 1 saturated carbocycles. The summed E-state index contributed by atoms with van der Waals surface area (Å²) in [6.07, 6.45) is 4.28. The Labute approximate surface area is 134 Å². The fourth-order valence-corrected chi connectivity index (χ4v) is 6.87. The zero-order valence-corrected chi connectivity index (χ0v) is 15.4.